The van der Waals surface area contributed by atoms with Gasteiger partial charge in [0.05, 0.1) is 12.7 Å². The number of rotatable bonds is 5. The van der Waals surface area contributed by atoms with Crippen molar-refractivity contribution < 1.29 is 9.53 Å². The summed E-state index contributed by atoms with van der Waals surface area (Å²) in [4.78, 5) is 16.9. The summed E-state index contributed by atoms with van der Waals surface area (Å²) >= 11 is 0. The lowest BCUT2D eigenvalue weighted by atomic mass is 9.84. The molecule has 132 valence electrons. The minimum absolute atomic E-state index is 0.0757. The molecule has 2 aromatic rings. The Hall–Kier alpha value is -2.40. The molecule has 5 heteroatoms. The number of hydrogen-bond donors (Lipinski definition) is 2. The third-order valence-corrected chi connectivity index (χ3v) is 4.95. The molecule has 0 aliphatic heterocycles. The molecule has 2 unspecified atom stereocenters. The summed E-state index contributed by atoms with van der Waals surface area (Å²) in [6.45, 7) is 0.620. The van der Waals surface area contributed by atoms with Crippen LogP contribution in [0, 0.1) is 5.92 Å². The Labute approximate surface area is 148 Å². The zero-order valence-corrected chi connectivity index (χ0v) is 14.6. The molecule has 1 amide bonds. The molecule has 25 heavy (non-hydrogen) atoms. The van der Waals surface area contributed by atoms with E-state index in [1.54, 1.807) is 19.5 Å². The number of ether oxygens (including phenoxy) is 1. The zero-order chi connectivity index (χ0) is 17.6. The number of methoxy groups -OCH3 is 1. The molecule has 1 fully saturated rings. The standard InChI is InChI=1S/C20H25N3O2/c1-25-18-8-6-14(7-9-18)16-10-17(13-22-12-16)20(24)23-19-5-3-2-4-15(19)11-21/h6-10,12-13,15,19H,2-5,11,21H2,1H3,(H,23,24). The van der Waals surface area contributed by atoms with Crippen LogP contribution in [0.25, 0.3) is 11.1 Å². The SMILES string of the molecule is COc1ccc(-c2cncc(C(=O)NC3CCCCC3CN)c2)cc1. The first-order valence-corrected chi connectivity index (χ1v) is 8.81. The van der Waals surface area contributed by atoms with Gasteiger partial charge in [0.2, 0.25) is 0 Å². The van der Waals surface area contributed by atoms with E-state index in [4.69, 9.17) is 10.5 Å². The number of carbonyl (C=O) groups is 1. The quantitative estimate of drug-likeness (QED) is 0.878. The number of nitrogens with one attached hydrogen (secondary N) is 1. The monoisotopic (exact) mass is 339 g/mol. The predicted molar refractivity (Wildman–Crippen MR) is 98.5 cm³/mol. The van der Waals surface area contributed by atoms with Crippen LogP contribution in [0.1, 0.15) is 36.0 Å². The Balaban J connectivity index is 1.74. The van der Waals surface area contributed by atoms with Crippen LogP contribution in [-0.2, 0) is 0 Å². The van der Waals surface area contributed by atoms with Crippen LogP contribution < -0.4 is 15.8 Å². The number of pyridine rings is 1. The highest BCUT2D eigenvalue weighted by Gasteiger charge is 2.25. The first-order chi connectivity index (χ1) is 12.2. The number of aromatic nitrogens is 1. The van der Waals surface area contributed by atoms with Crippen LogP contribution in [-0.4, -0.2) is 30.6 Å². The maximum absolute atomic E-state index is 12.6. The second-order valence-corrected chi connectivity index (χ2v) is 6.55. The summed E-state index contributed by atoms with van der Waals surface area (Å²) in [5.74, 6) is 1.10. The van der Waals surface area contributed by atoms with E-state index in [1.807, 2.05) is 30.3 Å². The third kappa shape index (κ3) is 4.17. The second-order valence-electron chi connectivity index (χ2n) is 6.55. The maximum Gasteiger partial charge on any atom is 0.253 e. The summed E-state index contributed by atoms with van der Waals surface area (Å²) < 4.78 is 5.18. The molecule has 1 aliphatic carbocycles. The Morgan fingerprint density at radius 3 is 2.68 bits per heavy atom. The van der Waals surface area contributed by atoms with Crippen molar-refractivity contribution >= 4 is 5.91 Å². The minimum Gasteiger partial charge on any atom is -0.497 e. The maximum atomic E-state index is 12.6. The summed E-state index contributed by atoms with van der Waals surface area (Å²) in [5.41, 5.74) is 8.35. The van der Waals surface area contributed by atoms with Crippen molar-refractivity contribution in [2.45, 2.75) is 31.7 Å². The summed E-state index contributed by atoms with van der Waals surface area (Å²) in [7, 11) is 1.64. The highest BCUT2D eigenvalue weighted by molar-refractivity contribution is 5.95. The van der Waals surface area contributed by atoms with Crippen molar-refractivity contribution in [2.75, 3.05) is 13.7 Å². The third-order valence-electron chi connectivity index (χ3n) is 4.95. The Bertz CT molecular complexity index is 715. The van der Waals surface area contributed by atoms with Gasteiger partial charge in [0.25, 0.3) is 5.91 Å². The van der Waals surface area contributed by atoms with Crippen LogP contribution in [0.2, 0.25) is 0 Å². The molecular formula is C20H25N3O2. The normalized spacial score (nSPS) is 20.1. The highest BCUT2D eigenvalue weighted by atomic mass is 16.5. The minimum atomic E-state index is -0.0757. The van der Waals surface area contributed by atoms with Gasteiger partial charge in [-0.05, 0) is 49.1 Å². The lowest BCUT2D eigenvalue weighted by Crippen LogP contribution is -2.44. The molecule has 0 radical (unpaired) electrons. The van der Waals surface area contributed by atoms with Crippen LogP contribution in [0.15, 0.2) is 42.7 Å². The van der Waals surface area contributed by atoms with E-state index < -0.39 is 0 Å². The summed E-state index contributed by atoms with van der Waals surface area (Å²) in [6.07, 6.45) is 7.81. The molecular weight excluding hydrogens is 314 g/mol. The van der Waals surface area contributed by atoms with Crippen molar-refractivity contribution in [1.29, 1.82) is 0 Å². The number of nitrogens with two attached hydrogens (primary N) is 1. The molecule has 3 rings (SSSR count). The zero-order valence-electron chi connectivity index (χ0n) is 14.6. The van der Waals surface area contributed by atoms with E-state index in [9.17, 15) is 4.79 Å². The van der Waals surface area contributed by atoms with Crippen LogP contribution in [0.5, 0.6) is 5.75 Å². The van der Waals surface area contributed by atoms with Gasteiger partial charge in [0, 0.05) is 24.0 Å². The van der Waals surface area contributed by atoms with Gasteiger partial charge in [-0.25, -0.2) is 0 Å². The second kappa shape index (κ2) is 8.12. The molecule has 1 aliphatic rings. The largest absolute Gasteiger partial charge is 0.497 e. The predicted octanol–water partition coefficient (Wildman–Crippen LogP) is 3.00. The number of benzene rings is 1. The fraction of sp³-hybridized carbons (Fsp3) is 0.400. The van der Waals surface area contributed by atoms with Gasteiger partial charge in [0.1, 0.15) is 5.75 Å². The Morgan fingerprint density at radius 2 is 1.96 bits per heavy atom. The smallest absolute Gasteiger partial charge is 0.253 e. The Morgan fingerprint density at radius 1 is 1.20 bits per heavy atom. The molecule has 0 bridgehead atoms. The number of carbonyl (C=O) groups excluding carboxylic acids is 1. The molecule has 1 aromatic heterocycles. The first-order valence-electron chi connectivity index (χ1n) is 8.81. The van der Waals surface area contributed by atoms with Crippen LogP contribution in [0.3, 0.4) is 0 Å². The fourth-order valence-corrected chi connectivity index (χ4v) is 3.44. The van der Waals surface area contributed by atoms with E-state index in [1.165, 1.54) is 6.42 Å². The van der Waals surface area contributed by atoms with Gasteiger partial charge < -0.3 is 15.8 Å². The lowest BCUT2D eigenvalue weighted by Gasteiger charge is -2.31. The van der Waals surface area contributed by atoms with Gasteiger partial charge in [0.15, 0.2) is 0 Å². The van der Waals surface area contributed by atoms with Gasteiger partial charge in [-0.15, -0.1) is 0 Å². The fourth-order valence-electron chi connectivity index (χ4n) is 3.44. The molecule has 1 heterocycles. The number of nitrogens with zero attached hydrogens (tertiary/aromatic N) is 1. The van der Waals surface area contributed by atoms with Crippen molar-refractivity contribution in [3.63, 3.8) is 0 Å². The van der Waals surface area contributed by atoms with Crippen molar-refractivity contribution in [1.82, 2.24) is 10.3 Å². The Kier molecular flexibility index (Phi) is 5.66. The van der Waals surface area contributed by atoms with E-state index in [0.717, 1.165) is 36.1 Å². The summed E-state index contributed by atoms with van der Waals surface area (Å²) in [6, 6.07) is 9.76. The van der Waals surface area contributed by atoms with Gasteiger partial charge in [-0.3, -0.25) is 9.78 Å². The molecule has 1 saturated carbocycles. The molecule has 0 saturated heterocycles. The number of amides is 1. The molecule has 0 spiro atoms. The summed E-state index contributed by atoms with van der Waals surface area (Å²) in [5, 5.41) is 3.15. The van der Waals surface area contributed by atoms with Gasteiger partial charge >= 0.3 is 0 Å². The van der Waals surface area contributed by atoms with Gasteiger partial charge in [-0.2, -0.15) is 0 Å². The topological polar surface area (TPSA) is 77.2 Å². The molecule has 2 atom stereocenters. The average molecular weight is 339 g/mol. The average Bonchev–Trinajstić information content (AvgIpc) is 2.68. The van der Waals surface area contributed by atoms with E-state index >= 15 is 0 Å². The molecule has 1 aromatic carbocycles. The van der Waals surface area contributed by atoms with Crippen molar-refractivity contribution in [3.8, 4) is 16.9 Å². The van der Waals surface area contributed by atoms with Crippen LogP contribution in [0.4, 0.5) is 0 Å². The number of hydrogen-bond acceptors (Lipinski definition) is 4. The van der Waals surface area contributed by atoms with Crippen molar-refractivity contribution in [3.05, 3.63) is 48.3 Å². The van der Waals surface area contributed by atoms with E-state index in [2.05, 4.69) is 10.3 Å². The van der Waals surface area contributed by atoms with Crippen LogP contribution >= 0.6 is 0 Å². The highest BCUT2D eigenvalue weighted by Crippen LogP contribution is 2.25. The first kappa shape index (κ1) is 17.4. The van der Waals surface area contributed by atoms with E-state index in [0.29, 0.717) is 18.0 Å². The lowest BCUT2D eigenvalue weighted by molar-refractivity contribution is 0.0907. The van der Waals surface area contributed by atoms with Crippen molar-refractivity contribution in [2.24, 2.45) is 11.7 Å². The molecule has 5 nitrogen and oxygen atoms in total. The van der Waals surface area contributed by atoms with E-state index in [-0.39, 0.29) is 11.9 Å². The van der Waals surface area contributed by atoms with Gasteiger partial charge in [-0.1, -0.05) is 25.0 Å². The molecule has 3 N–H and O–H groups in total.